The Kier molecular flexibility index (Phi) is 19.3. The Labute approximate surface area is 590 Å². The topological polar surface area (TPSA) is 64.5 Å². The zero-order chi connectivity index (χ0) is 63.3. The van der Waals surface area contributed by atoms with Crippen molar-refractivity contribution in [2.45, 2.75) is 20.8 Å². The fourth-order valence-electron chi connectivity index (χ4n) is 13.1. The molecule has 0 saturated carbocycles. The number of rotatable bonds is 15. The maximum absolute atomic E-state index is 5.47. The average molecular weight is 1580 g/mol. The van der Waals surface area contributed by atoms with E-state index in [9.17, 15) is 0 Å². The summed E-state index contributed by atoms with van der Waals surface area (Å²) in [5.41, 5.74) is 29.9. The molecule has 96 heavy (non-hydrogen) atoms. The first-order valence-corrected chi connectivity index (χ1v) is 31.6. The largest absolute Gasteiger partial charge is 3.00 e. The van der Waals surface area contributed by atoms with Crippen LogP contribution in [0.3, 0.4) is 0 Å². The van der Waals surface area contributed by atoms with Gasteiger partial charge < -0.3 is 24.9 Å². The molecule has 0 aliphatic heterocycles. The maximum Gasteiger partial charge on any atom is 3.00 e. The van der Waals surface area contributed by atoms with E-state index in [4.69, 9.17) is 15.0 Å². The van der Waals surface area contributed by atoms with E-state index in [2.05, 4.69) is 286 Å². The van der Waals surface area contributed by atoms with Gasteiger partial charge in [0, 0.05) is 29.8 Å². The minimum absolute atomic E-state index is 0. The van der Waals surface area contributed by atoms with Crippen LogP contribution in [-0.2, 0) is 41.2 Å². The summed E-state index contributed by atoms with van der Waals surface area (Å²) in [4.78, 5) is 25.0. The van der Waals surface area contributed by atoms with Gasteiger partial charge in [0.1, 0.15) is 0 Å². The van der Waals surface area contributed by atoms with Crippen molar-refractivity contribution < 1.29 is 41.2 Å². The molecule has 0 amide bonds. The second kappa shape index (κ2) is 28.9. The number of aromatic nitrogens is 5. The van der Waals surface area contributed by atoms with Gasteiger partial charge in [-0.1, -0.05) is 226 Å². The van der Waals surface area contributed by atoms with Gasteiger partial charge in [-0.15, -0.1) is 95.1 Å². The summed E-state index contributed by atoms with van der Waals surface area (Å²) in [6.07, 6.45) is 5.49. The molecule has 0 aliphatic carbocycles. The fraction of sp³-hybridized carbons (Fsp3) is 0.0341. The second-order valence-electron chi connectivity index (χ2n) is 23.7. The van der Waals surface area contributed by atoms with Crippen LogP contribution >= 0.6 is 0 Å². The van der Waals surface area contributed by atoms with E-state index in [0.717, 1.165) is 128 Å². The molecule has 0 atom stereocenters. The zero-order valence-corrected chi connectivity index (χ0v) is 57.5. The van der Waals surface area contributed by atoms with Crippen LogP contribution in [-0.4, -0.2) is 31.6 Å². The summed E-state index contributed by atoms with van der Waals surface area (Å²) in [5.74, 6) is 0.530. The number of aryl methyl sites for hydroxylation is 3. The van der Waals surface area contributed by atoms with Crippen molar-refractivity contribution in [1.82, 2.24) is 24.9 Å². The Morgan fingerprint density at radius 3 is 1.28 bits per heavy atom. The van der Waals surface area contributed by atoms with Crippen LogP contribution in [0, 0.1) is 51.1 Å². The van der Waals surface area contributed by atoms with Crippen molar-refractivity contribution in [3.05, 3.63) is 351 Å². The molecule has 0 aliphatic rings. The smallest absolute Gasteiger partial charge is 0.339 e. The Morgan fingerprint density at radius 2 is 0.750 bits per heavy atom. The zero-order valence-electron chi connectivity index (χ0n) is 52.8. The Morgan fingerprint density at radius 1 is 0.302 bits per heavy atom. The van der Waals surface area contributed by atoms with Gasteiger partial charge in [0.25, 0.3) is 6.71 Å². The first-order valence-electron chi connectivity index (χ1n) is 31.6. The van der Waals surface area contributed by atoms with Crippen molar-refractivity contribution in [3.8, 4) is 134 Å². The number of benzene rings is 11. The molecule has 15 rings (SSSR count). The minimum atomic E-state index is -0.314. The van der Waals surface area contributed by atoms with Crippen LogP contribution in [0.25, 0.3) is 134 Å². The van der Waals surface area contributed by atoms with Gasteiger partial charge in [-0.2, -0.15) is 5.56 Å². The summed E-state index contributed by atoms with van der Waals surface area (Å²) < 4.78 is 0. The Hall–Kier alpha value is -10.6. The molecule has 0 N–H and O–H groups in total. The third kappa shape index (κ3) is 13.5. The second-order valence-corrected chi connectivity index (χ2v) is 23.7. The van der Waals surface area contributed by atoms with Gasteiger partial charge in [0.2, 0.25) is 0 Å². The van der Waals surface area contributed by atoms with Crippen molar-refractivity contribution in [3.63, 3.8) is 0 Å². The quantitative estimate of drug-likeness (QED) is 0.0756. The molecule has 8 heteroatoms. The first-order chi connectivity index (χ1) is 46.3. The molecule has 11 aromatic carbocycles. The van der Waals surface area contributed by atoms with Gasteiger partial charge in [0.05, 0.1) is 0 Å². The minimum Gasteiger partial charge on any atom is -0.339 e. The van der Waals surface area contributed by atoms with E-state index in [1.54, 1.807) is 0 Å². The summed E-state index contributed by atoms with van der Waals surface area (Å²) in [6, 6.07) is 118. The van der Waals surface area contributed by atoms with E-state index in [-0.39, 0.29) is 47.9 Å². The number of hydrogen-bond acceptors (Lipinski definition) is 5. The van der Waals surface area contributed by atoms with E-state index in [0.29, 0.717) is 11.4 Å². The predicted molar refractivity (Wildman–Crippen MR) is 387 cm³/mol. The number of nitrogens with zero attached hydrogens (tertiary/aromatic N) is 5. The molecular weight excluding hydrogens is 1530 g/mol. The average Bonchev–Trinajstić information content (AvgIpc) is 0.791. The van der Waals surface area contributed by atoms with Gasteiger partial charge >= 0.3 is 41.2 Å². The molecule has 0 radical (unpaired) electrons. The van der Waals surface area contributed by atoms with Gasteiger partial charge in [-0.25, -0.2) is 17.7 Å². The van der Waals surface area contributed by atoms with Crippen LogP contribution in [0.1, 0.15) is 16.7 Å². The maximum atomic E-state index is 5.47. The van der Waals surface area contributed by atoms with E-state index in [1.807, 2.05) is 79.3 Å². The van der Waals surface area contributed by atoms with Crippen LogP contribution in [0.15, 0.2) is 304 Å². The molecule has 458 valence electrons. The Balaban J connectivity index is 0.00000417. The van der Waals surface area contributed by atoms with Gasteiger partial charge in [0.15, 0.2) is 0 Å². The van der Waals surface area contributed by atoms with Crippen LogP contribution in [0.5, 0.6) is 0 Å². The number of hydrogen-bond donors (Lipinski definition) is 0. The third-order valence-corrected chi connectivity index (χ3v) is 17.5. The summed E-state index contributed by atoms with van der Waals surface area (Å²) >= 11 is 0. The van der Waals surface area contributed by atoms with Crippen molar-refractivity contribution in [1.29, 1.82) is 0 Å². The van der Waals surface area contributed by atoms with Crippen LogP contribution in [0.4, 0.5) is 0 Å². The summed E-state index contributed by atoms with van der Waals surface area (Å²) in [5, 5.41) is 0. The van der Waals surface area contributed by atoms with Crippen molar-refractivity contribution in [2.75, 3.05) is 0 Å². The van der Waals surface area contributed by atoms with Gasteiger partial charge in [-0.3, -0.25) is 12.1 Å². The van der Waals surface area contributed by atoms with E-state index >= 15 is 0 Å². The van der Waals surface area contributed by atoms with Crippen molar-refractivity contribution >= 4 is 23.4 Å². The molecule has 0 spiro atoms. The van der Waals surface area contributed by atoms with E-state index < -0.39 is 0 Å². The number of pyridine rings is 3. The monoisotopic (exact) mass is 1580 g/mol. The van der Waals surface area contributed by atoms with Crippen LogP contribution in [0.2, 0.25) is 0 Å². The molecule has 15 aromatic rings. The molecule has 5 nitrogen and oxygen atoms in total. The van der Waals surface area contributed by atoms with E-state index in [1.165, 1.54) is 27.8 Å². The van der Waals surface area contributed by atoms with Crippen LogP contribution < -0.4 is 16.6 Å². The molecule has 0 unspecified atom stereocenters. The summed E-state index contributed by atoms with van der Waals surface area (Å²) in [7, 11) is 0. The normalized spacial score (nSPS) is 10.9. The molecule has 0 saturated heterocycles. The molecule has 4 aromatic heterocycles. The first kappa shape index (κ1) is 64.1. The summed E-state index contributed by atoms with van der Waals surface area (Å²) in [6.45, 7) is 6.21. The van der Waals surface area contributed by atoms with Crippen molar-refractivity contribution in [2.24, 2.45) is 0 Å². The molecule has 0 fully saturated rings. The third-order valence-electron chi connectivity index (χ3n) is 17.5. The molecule has 4 heterocycles. The SMILES string of the molecule is Cc1cc(C)c(B(c2cccc(-c3[c-]ccc(-c4cccc(-c5ccccc5)c4)c3)n2)c2ccnc(-c3[c-]cc(-c4ccccc4-c4cc(-c5ccccc5-c5c[c-]c(-c6ccccn6)cc5)cc(-c5ccccc5-c5c[c-]c(-c6ccccn6)cc5)c4)c[c-]3)n2)c(C)c1.[Ir+3].[Pt+2]. The molecule has 0 bridgehead atoms. The Bertz CT molecular complexity index is 5050. The van der Waals surface area contributed by atoms with Gasteiger partial charge in [-0.05, 0) is 136 Å². The fourth-order valence-corrected chi connectivity index (χ4v) is 13.1. The molecular formula is C88H59BIrN5Pt. The standard InChI is InChI=1S/C88H59BN5.Ir.Pt/c1-59-52-60(2)87(61(3)53-59)89(85-35-19-34-84(93-85)72-25-18-24-71(55-72)70-23-17-22-69(54-70)62-20-5-4-6-21-62)86-48-51-92-88(94-86)68-46-40-65(41-47-68)78-28-9-12-31-81(78)75-57-73(79-29-10-7-26-76(79)63-36-42-66(43-37-63)82-32-13-15-49-90-82)56-74(58-75)80-30-11-8-27-77(80)64-38-44-67(45-39-64)83-33-14-16-50-91-83;;/h4-24,26-42,44,48-58H,1-3H3;;/q-5;+3;+2. The predicted octanol–water partition coefficient (Wildman–Crippen LogP) is 19.1.